The third-order valence-electron chi connectivity index (χ3n) is 4.45. The number of piperazine rings is 1. The summed E-state index contributed by atoms with van der Waals surface area (Å²) in [5, 5.41) is 4.42. The molecule has 0 amide bonds. The summed E-state index contributed by atoms with van der Waals surface area (Å²) in [5.74, 6) is 1.64. The smallest absolute Gasteiger partial charge is 0.205 e. The second kappa shape index (κ2) is 10.7. The zero-order chi connectivity index (χ0) is 18.4. The molecule has 1 saturated heterocycles. The van der Waals surface area contributed by atoms with E-state index in [0.29, 0.717) is 0 Å². The quantitative estimate of drug-likeness (QED) is 0.386. The predicted molar refractivity (Wildman–Crippen MR) is 120 cm³/mol. The third kappa shape index (κ3) is 6.00. The Hall–Kier alpha value is -1.49. The van der Waals surface area contributed by atoms with Crippen LogP contribution in [-0.2, 0) is 12.8 Å². The molecule has 1 aromatic carbocycles. The summed E-state index contributed by atoms with van der Waals surface area (Å²) in [6, 6.07) is 6.65. The maximum absolute atomic E-state index is 13.0. The largest absolute Gasteiger partial charge is 0.356 e. The standard InChI is InChI=1S/C18H25FN6S.HI/c1-3-16-22-18(26-23-16)25-12-10-24(11-13-25)17(20-2)21-9-8-14-4-6-15(19)7-5-14;/h4-7H,3,8-13H2,1-2H3,(H,20,21);1H. The van der Waals surface area contributed by atoms with E-state index in [1.165, 1.54) is 23.7 Å². The maximum atomic E-state index is 13.0. The van der Waals surface area contributed by atoms with Gasteiger partial charge in [0.1, 0.15) is 11.6 Å². The first-order valence-electron chi connectivity index (χ1n) is 8.97. The number of guanidine groups is 1. The van der Waals surface area contributed by atoms with Gasteiger partial charge in [-0.15, -0.1) is 24.0 Å². The van der Waals surface area contributed by atoms with Gasteiger partial charge in [0.15, 0.2) is 5.96 Å². The molecule has 1 N–H and O–H groups in total. The van der Waals surface area contributed by atoms with Gasteiger partial charge >= 0.3 is 0 Å². The molecule has 0 saturated carbocycles. The molecule has 2 aromatic rings. The lowest BCUT2D eigenvalue weighted by Gasteiger charge is -2.36. The molecule has 0 bridgehead atoms. The van der Waals surface area contributed by atoms with Gasteiger partial charge in [0.05, 0.1) is 0 Å². The Bertz CT molecular complexity index is 728. The minimum Gasteiger partial charge on any atom is -0.356 e. The molecule has 0 aliphatic carbocycles. The molecular weight excluding hydrogens is 478 g/mol. The van der Waals surface area contributed by atoms with Crippen LogP contribution in [0.15, 0.2) is 29.3 Å². The lowest BCUT2D eigenvalue weighted by molar-refractivity contribution is 0.372. The van der Waals surface area contributed by atoms with Gasteiger partial charge in [-0.25, -0.2) is 9.37 Å². The van der Waals surface area contributed by atoms with E-state index in [9.17, 15) is 4.39 Å². The van der Waals surface area contributed by atoms with Crippen molar-refractivity contribution in [3.8, 4) is 0 Å². The van der Waals surface area contributed by atoms with E-state index in [-0.39, 0.29) is 29.8 Å². The number of halogens is 2. The molecule has 3 rings (SSSR count). The lowest BCUT2D eigenvalue weighted by Crippen LogP contribution is -2.52. The number of nitrogens with one attached hydrogen (secondary N) is 1. The summed E-state index contributed by atoms with van der Waals surface area (Å²) in [5.41, 5.74) is 1.11. The molecule has 6 nitrogen and oxygen atoms in total. The zero-order valence-corrected chi connectivity index (χ0v) is 18.8. The number of aromatic nitrogens is 2. The SMILES string of the molecule is CCc1nsc(N2CCN(C(=NC)NCCc3ccc(F)cc3)CC2)n1.I. The van der Waals surface area contributed by atoms with Gasteiger partial charge in [0.25, 0.3) is 0 Å². The van der Waals surface area contributed by atoms with Crippen LogP contribution in [0.4, 0.5) is 9.52 Å². The van der Waals surface area contributed by atoms with Crippen LogP contribution in [0.25, 0.3) is 0 Å². The van der Waals surface area contributed by atoms with Crippen LogP contribution < -0.4 is 10.2 Å². The molecule has 1 fully saturated rings. The highest BCUT2D eigenvalue weighted by Gasteiger charge is 2.21. The molecule has 0 unspecified atom stereocenters. The third-order valence-corrected chi connectivity index (χ3v) is 5.26. The zero-order valence-electron chi connectivity index (χ0n) is 15.7. The van der Waals surface area contributed by atoms with Crippen LogP contribution >= 0.6 is 35.5 Å². The summed E-state index contributed by atoms with van der Waals surface area (Å²) in [6.45, 7) is 6.47. The van der Waals surface area contributed by atoms with Gasteiger partial charge in [-0.3, -0.25) is 4.99 Å². The molecule has 0 spiro atoms. The molecule has 0 atom stereocenters. The highest BCUT2D eigenvalue weighted by atomic mass is 127. The van der Waals surface area contributed by atoms with Gasteiger partial charge < -0.3 is 15.1 Å². The van der Waals surface area contributed by atoms with Crippen molar-refractivity contribution in [2.24, 2.45) is 4.99 Å². The highest BCUT2D eigenvalue weighted by Crippen LogP contribution is 2.19. The van der Waals surface area contributed by atoms with Crippen molar-refractivity contribution in [1.29, 1.82) is 0 Å². The van der Waals surface area contributed by atoms with Crippen LogP contribution in [0.5, 0.6) is 0 Å². The Morgan fingerprint density at radius 2 is 1.93 bits per heavy atom. The Balaban J connectivity index is 0.00000261. The number of benzene rings is 1. The molecule has 0 radical (unpaired) electrons. The fourth-order valence-corrected chi connectivity index (χ4v) is 3.73. The second-order valence-electron chi connectivity index (χ2n) is 6.17. The first-order valence-corrected chi connectivity index (χ1v) is 9.74. The topological polar surface area (TPSA) is 56.7 Å². The van der Waals surface area contributed by atoms with Crippen molar-refractivity contribution in [1.82, 2.24) is 19.6 Å². The monoisotopic (exact) mass is 504 g/mol. The van der Waals surface area contributed by atoms with Crippen molar-refractivity contribution in [2.45, 2.75) is 19.8 Å². The average Bonchev–Trinajstić information content (AvgIpc) is 3.16. The van der Waals surface area contributed by atoms with E-state index in [0.717, 1.165) is 68.0 Å². The minimum absolute atomic E-state index is 0. The van der Waals surface area contributed by atoms with Crippen LogP contribution in [0, 0.1) is 5.82 Å². The van der Waals surface area contributed by atoms with Crippen molar-refractivity contribution >= 4 is 46.6 Å². The Labute approximate surface area is 181 Å². The summed E-state index contributed by atoms with van der Waals surface area (Å²) < 4.78 is 17.3. The Kier molecular flexibility index (Phi) is 8.68. The van der Waals surface area contributed by atoms with Gasteiger partial charge in [-0.05, 0) is 24.1 Å². The predicted octanol–water partition coefficient (Wildman–Crippen LogP) is 2.80. The van der Waals surface area contributed by atoms with Crippen LogP contribution in [0.2, 0.25) is 0 Å². The molecular formula is C18H26FIN6S. The summed E-state index contributed by atoms with van der Waals surface area (Å²) >= 11 is 1.48. The van der Waals surface area contributed by atoms with Crippen molar-refractivity contribution in [2.75, 3.05) is 44.7 Å². The normalized spacial score (nSPS) is 14.9. The van der Waals surface area contributed by atoms with E-state index in [1.54, 1.807) is 0 Å². The molecule has 2 heterocycles. The first-order chi connectivity index (χ1) is 12.7. The molecule has 1 aromatic heterocycles. The van der Waals surface area contributed by atoms with Crippen LogP contribution in [0.1, 0.15) is 18.3 Å². The number of rotatable bonds is 5. The number of hydrogen-bond acceptors (Lipinski definition) is 5. The molecule has 27 heavy (non-hydrogen) atoms. The maximum Gasteiger partial charge on any atom is 0.205 e. The Morgan fingerprint density at radius 3 is 2.52 bits per heavy atom. The summed E-state index contributed by atoms with van der Waals surface area (Å²) in [7, 11) is 1.81. The van der Waals surface area contributed by atoms with Gasteiger partial charge in [-0.2, -0.15) is 4.37 Å². The summed E-state index contributed by atoms with van der Waals surface area (Å²) in [4.78, 5) is 13.5. The number of aryl methyl sites for hydroxylation is 1. The average molecular weight is 504 g/mol. The Morgan fingerprint density at radius 1 is 1.22 bits per heavy atom. The van der Waals surface area contributed by atoms with E-state index in [4.69, 9.17) is 0 Å². The van der Waals surface area contributed by atoms with Gasteiger partial charge in [0, 0.05) is 57.7 Å². The summed E-state index contributed by atoms with van der Waals surface area (Å²) in [6.07, 6.45) is 1.71. The number of anilines is 1. The van der Waals surface area contributed by atoms with Crippen LogP contribution in [0.3, 0.4) is 0 Å². The van der Waals surface area contributed by atoms with Crippen molar-refractivity contribution in [3.05, 3.63) is 41.5 Å². The van der Waals surface area contributed by atoms with Crippen molar-refractivity contribution < 1.29 is 4.39 Å². The highest BCUT2D eigenvalue weighted by molar-refractivity contribution is 14.0. The molecule has 9 heteroatoms. The fraction of sp³-hybridized carbons (Fsp3) is 0.500. The number of nitrogens with zero attached hydrogens (tertiary/aromatic N) is 5. The molecule has 1 aliphatic heterocycles. The first kappa shape index (κ1) is 21.8. The van der Waals surface area contributed by atoms with Crippen LogP contribution in [-0.4, -0.2) is 60.0 Å². The molecule has 148 valence electrons. The fourth-order valence-electron chi connectivity index (χ4n) is 2.93. The van der Waals surface area contributed by atoms with Gasteiger partial charge in [-0.1, -0.05) is 19.1 Å². The molecule has 1 aliphatic rings. The lowest BCUT2D eigenvalue weighted by atomic mass is 10.1. The second-order valence-corrected chi connectivity index (χ2v) is 6.90. The van der Waals surface area contributed by atoms with Crippen molar-refractivity contribution in [3.63, 3.8) is 0 Å². The number of hydrogen-bond donors (Lipinski definition) is 1. The minimum atomic E-state index is -0.197. The van der Waals surface area contributed by atoms with E-state index >= 15 is 0 Å². The van der Waals surface area contributed by atoms with Gasteiger partial charge in [0.2, 0.25) is 5.13 Å². The number of aliphatic imine (C=N–C) groups is 1. The van der Waals surface area contributed by atoms with E-state index in [1.807, 2.05) is 19.2 Å². The van der Waals surface area contributed by atoms with E-state index < -0.39 is 0 Å². The van der Waals surface area contributed by atoms with E-state index in [2.05, 4.69) is 36.4 Å².